The van der Waals surface area contributed by atoms with Crippen LogP contribution in [0.15, 0.2) is 16.7 Å². The standard InChI is InChI=1S/C12H19BrN2O/c1-8(2)9(3)6-14-12(16)11-5-10(13)7-15(11)4/h5,7-9H,6H2,1-4H3,(H,14,16). The van der Waals surface area contributed by atoms with Gasteiger partial charge in [-0.1, -0.05) is 20.8 Å². The Morgan fingerprint density at radius 3 is 2.56 bits per heavy atom. The summed E-state index contributed by atoms with van der Waals surface area (Å²) in [5.74, 6) is 1.06. The van der Waals surface area contributed by atoms with Crippen LogP contribution in [0.1, 0.15) is 31.3 Å². The number of carbonyl (C=O) groups is 1. The average Bonchev–Trinajstić information content (AvgIpc) is 2.53. The predicted octanol–water partition coefficient (Wildman–Crippen LogP) is 2.81. The minimum Gasteiger partial charge on any atom is -0.350 e. The molecule has 0 bridgehead atoms. The third-order valence-corrected chi connectivity index (χ3v) is 3.36. The van der Waals surface area contributed by atoms with Gasteiger partial charge < -0.3 is 9.88 Å². The van der Waals surface area contributed by atoms with Crippen LogP contribution in [-0.4, -0.2) is 17.0 Å². The number of aromatic nitrogens is 1. The van der Waals surface area contributed by atoms with Crippen molar-refractivity contribution in [3.63, 3.8) is 0 Å². The van der Waals surface area contributed by atoms with Gasteiger partial charge >= 0.3 is 0 Å². The minimum absolute atomic E-state index is 0.0132. The van der Waals surface area contributed by atoms with E-state index in [1.165, 1.54) is 0 Å². The van der Waals surface area contributed by atoms with Crippen molar-refractivity contribution < 1.29 is 4.79 Å². The lowest BCUT2D eigenvalue weighted by atomic mass is 9.98. The summed E-state index contributed by atoms with van der Waals surface area (Å²) in [4.78, 5) is 11.9. The Labute approximate surface area is 105 Å². The van der Waals surface area contributed by atoms with Gasteiger partial charge in [-0.2, -0.15) is 0 Å². The Bertz CT molecular complexity index is 371. The molecule has 0 saturated carbocycles. The van der Waals surface area contributed by atoms with E-state index < -0.39 is 0 Å². The molecule has 4 heteroatoms. The molecule has 1 N–H and O–H groups in total. The lowest BCUT2D eigenvalue weighted by molar-refractivity contribution is 0.0937. The topological polar surface area (TPSA) is 34.0 Å². The maximum absolute atomic E-state index is 11.9. The zero-order valence-electron chi connectivity index (χ0n) is 10.2. The van der Waals surface area contributed by atoms with E-state index in [-0.39, 0.29) is 5.91 Å². The van der Waals surface area contributed by atoms with Crippen molar-refractivity contribution in [3.8, 4) is 0 Å². The van der Waals surface area contributed by atoms with Crippen LogP contribution >= 0.6 is 15.9 Å². The fourth-order valence-corrected chi connectivity index (χ4v) is 1.85. The first-order valence-corrected chi connectivity index (χ1v) is 6.31. The summed E-state index contributed by atoms with van der Waals surface area (Å²) in [5.41, 5.74) is 0.683. The number of amides is 1. The molecule has 1 unspecified atom stereocenters. The van der Waals surface area contributed by atoms with Crippen LogP contribution in [0.4, 0.5) is 0 Å². The SMILES string of the molecule is CC(C)C(C)CNC(=O)c1cc(Br)cn1C. The molecule has 0 radical (unpaired) electrons. The number of nitrogens with zero attached hydrogens (tertiary/aromatic N) is 1. The Hall–Kier alpha value is -0.770. The number of carbonyl (C=O) groups excluding carboxylic acids is 1. The Morgan fingerprint density at radius 2 is 2.12 bits per heavy atom. The fourth-order valence-electron chi connectivity index (χ4n) is 1.33. The Morgan fingerprint density at radius 1 is 1.50 bits per heavy atom. The van der Waals surface area contributed by atoms with E-state index in [9.17, 15) is 4.79 Å². The summed E-state index contributed by atoms with van der Waals surface area (Å²) >= 11 is 3.35. The van der Waals surface area contributed by atoms with Crippen LogP contribution in [0.25, 0.3) is 0 Å². The third-order valence-electron chi connectivity index (χ3n) is 2.93. The van der Waals surface area contributed by atoms with Crippen LogP contribution in [0, 0.1) is 11.8 Å². The summed E-state index contributed by atoms with van der Waals surface area (Å²) < 4.78 is 2.75. The van der Waals surface area contributed by atoms with Crippen LogP contribution < -0.4 is 5.32 Å². The highest BCUT2D eigenvalue weighted by Gasteiger charge is 2.13. The molecular weight excluding hydrogens is 268 g/mol. The summed E-state index contributed by atoms with van der Waals surface area (Å²) in [6, 6.07) is 1.83. The molecule has 1 atom stereocenters. The quantitative estimate of drug-likeness (QED) is 0.907. The smallest absolute Gasteiger partial charge is 0.267 e. The monoisotopic (exact) mass is 286 g/mol. The summed E-state index contributed by atoms with van der Waals surface area (Å²) in [7, 11) is 1.87. The molecule has 3 nitrogen and oxygen atoms in total. The van der Waals surface area contributed by atoms with Crippen molar-refractivity contribution in [1.29, 1.82) is 0 Å². The largest absolute Gasteiger partial charge is 0.350 e. The second-order valence-electron chi connectivity index (χ2n) is 4.59. The molecule has 0 aliphatic rings. The zero-order chi connectivity index (χ0) is 12.3. The second kappa shape index (κ2) is 5.53. The molecule has 0 aliphatic carbocycles. The number of hydrogen-bond donors (Lipinski definition) is 1. The van der Waals surface area contributed by atoms with Crippen LogP contribution in [0.5, 0.6) is 0 Å². The van der Waals surface area contributed by atoms with Crippen LogP contribution in [0.3, 0.4) is 0 Å². The van der Waals surface area contributed by atoms with E-state index >= 15 is 0 Å². The number of hydrogen-bond acceptors (Lipinski definition) is 1. The van der Waals surface area contributed by atoms with E-state index in [0.717, 1.165) is 11.0 Å². The van der Waals surface area contributed by atoms with E-state index in [4.69, 9.17) is 0 Å². The fraction of sp³-hybridized carbons (Fsp3) is 0.583. The molecule has 1 amide bonds. The second-order valence-corrected chi connectivity index (χ2v) is 5.50. The average molecular weight is 287 g/mol. The maximum Gasteiger partial charge on any atom is 0.267 e. The van der Waals surface area contributed by atoms with Gasteiger partial charge in [-0.05, 0) is 33.8 Å². The van der Waals surface area contributed by atoms with Crippen molar-refractivity contribution in [2.75, 3.05) is 6.54 Å². The lowest BCUT2D eigenvalue weighted by Crippen LogP contribution is -2.31. The van der Waals surface area contributed by atoms with Crippen molar-refractivity contribution in [3.05, 3.63) is 22.4 Å². The summed E-state index contributed by atoms with van der Waals surface area (Å²) in [6.07, 6.45) is 1.88. The van der Waals surface area contributed by atoms with Crippen molar-refractivity contribution in [2.45, 2.75) is 20.8 Å². The van der Waals surface area contributed by atoms with E-state index in [2.05, 4.69) is 42.0 Å². The first-order chi connectivity index (χ1) is 7.41. The molecule has 1 aromatic heterocycles. The molecule has 90 valence electrons. The Balaban J connectivity index is 2.56. The normalized spacial score (nSPS) is 12.9. The first kappa shape index (κ1) is 13.3. The van der Waals surface area contributed by atoms with Gasteiger partial charge in [0.1, 0.15) is 5.69 Å². The van der Waals surface area contributed by atoms with Crippen molar-refractivity contribution >= 4 is 21.8 Å². The molecule has 0 aliphatic heterocycles. The molecule has 1 rings (SSSR count). The van der Waals surface area contributed by atoms with Crippen molar-refractivity contribution in [1.82, 2.24) is 9.88 Å². The molecule has 1 heterocycles. The number of nitrogens with one attached hydrogen (secondary N) is 1. The summed E-state index contributed by atoms with van der Waals surface area (Å²) in [6.45, 7) is 7.19. The van der Waals surface area contributed by atoms with Gasteiger partial charge in [-0.15, -0.1) is 0 Å². The van der Waals surface area contributed by atoms with Gasteiger partial charge in [-0.3, -0.25) is 4.79 Å². The van der Waals surface area contributed by atoms with Crippen molar-refractivity contribution in [2.24, 2.45) is 18.9 Å². The molecule has 16 heavy (non-hydrogen) atoms. The van der Waals surface area contributed by atoms with Gasteiger partial charge in [0.05, 0.1) is 0 Å². The van der Waals surface area contributed by atoms with Gasteiger partial charge in [-0.25, -0.2) is 0 Å². The molecule has 0 saturated heterocycles. The summed E-state index contributed by atoms with van der Waals surface area (Å²) in [5, 5.41) is 2.95. The van der Waals surface area contributed by atoms with Gasteiger partial charge in [0.15, 0.2) is 0 Å². The van der Waals surface area contributed by atoms with E-state index in [1.807, 2.05) is 23.9 Å². The third kappa shape index (κ3) is 3.37. The van der Waals surface area contributed by atoms with Gasteiger partial charge in [0.25, 0.3) is 5.91 Å². The molecule has 0 fully saturated rings. The predicted molar refractivity (Wildman–Crippen MR) is 69.4 cm³/mol. The minimum atomic E-state index is -0.0132. The zero-order valence-corrected chi connectivity index (χ0v) is 11.8. The molecule has 0 aromatic carbocycles. The number of rotatable bonds is 4. The van der Waals surface area contributed by atoms with Crippen LogP contribution in [0.2, 0.25) is 0 Å². The van der Waals surface area contributed by atoms with Gasteiger partial charge in [0.2, 0.25) is 0 Å². The highest BCUT2D eigenvalue weighted by atomic mass is 79.9. The van der Waals surface area contributed by atoms with E-state index in [0.29, 0.717) is 17.5 Å². The highest BCUT2D eigenvalue weighted by Crippen LogP contribution is 2.14. The molecule has 1 aromatic rings. The molecule has 0 spiro atoms. The first-order valence-electron chi connectivity index (χ1n) is 5.52. The number of halogens is 1. The van der Waals surface area contributed by atoms with E-state index in [1.54, 1.807) is 0 Å². The lowest BCUT2D eigenvalue weighted by Gasteiger charge is -2.16. The Kier molecular flexibility index (Phi) is 4.59. The maximum atomic E-state index is 11.9. The molecular formula is C12H19BrN2O. The highest BCUT2D eigenvalue weighted by molar-refractivity contribution is 9.10. The van der Waals surface area contributed by atoms with Gasteiger partial charge in [0, 0.05) is 24.3 Å². The number of aryl methyl sites for hydroxylation is 1. The van der Waals surface area contributed by atoms with Crippen LogP contribution in [-0.2, 0) is 7.05 Å².